The van der Waals surface area contributed by atoms with Crippen molar-refractivity contribution in [3.8, 4) is 0 Å². The molecule has 0 N–H and O–H groups in total. The lowest BCUT2D eigenvalue weighted by atomic mass is 10.1. The van der Waals surface area contributed by atoms with Gasteiger partial charge in [-0.1, -0.05) is 32.3 Å². The molecule has 5 heteroatoms. The lowest BCUT2D eigenvalue weighted by Gasteiger charge is -1.97. The quantitative estimate of drug-likeness (QED) is 0.332. The molecule has 0 aliphatic carbocycles. The van der Waals surface area contributed by atoms with E-state index in [1.54, 1.807) is 0 Å². The fourth-order valence-electron chi connectivity index (χ4n) is 1.48. The van der Waals surface area contributed by atoms with Crippen molar-refractivity contribution in [3.63, 3.8) is 0 Å². The first kappa shape index (κ1) is 15.3. The summed E-state index contributed by atoms with van der Waals surface area (Å²) in [5.74, 6) is 0. The maximum absolute atomic E-state index is 8.25. The minimum atomic E-state index is -1.75. The van der Waals surface area contributed by atoms with Gasteiger partial charge < -0.3 is 15.3 Å². The van der Waals surface area contributed by atoms with Gasteiger partial charge in [0.05, 0.1) is 5.09 Å². The van der Waals surface area contributed by atoms with Gasteiger partial charge >= 0.3 is 0 Å². The predicted molar refractivity (Wildman–Crippen MR) is 65.8 cm³/mol. The Hall–Kier alpha value is -1.65. The SMILES string of the molecule is CCCCCCC[n+]1ccccc1.O=[N+]([O-])[O-]. The summed E-state index contributed by atoms with van der Waals surface area (Å²) in [5, 5.41) is 14.8. The number of aromatic nitrogens is 1. The minimum Gasteiger partial charge on any atom is -0.356 e. The topological polar surface area (TPSA) is 70.1 Å². The molecule has 0 amide bonds. The van der Waals surface area contributed by atoms with Crippen LogP contribution in [0, 0.1) is 15.3 Å². The van der Waals surface area contributed by atoms with Gasteiger partial charge in [-0.05, 0) is 6.42 Å². The first-order valence-corrected chi connectivity index (χ1v) is 5.92. The minimum absolute atomic E-state index is 1.17. The predicted octanol–water partition coefficient (Wildman–Crippen LogP) is 2.71. The van der Waals surface area contributed by atoms with Gasteiger partial charge in [0.15, 0.2) is 12.4 Å². The average molecular weight is 240 g/mol. The number of unbranched alkanes of at least 4 members (excludes halogenated alkanes) is 4. The molecule has 0 unspecified atom stereocenters. The van der Waals surface area contributed by atoms with E-state index in [2.05, 4.69) is 42.1 Å². The van der Waals surface area contributed by atoms with Gasteiger partial charge in [-0.3, -0.25) is 0 Å². The van der Waals surface area contributed by atoms with Crippen molar-refractivity contribution in [1.29, 1.82) is 0 Å². The largest absolute Gasteiger partial charge is 0.356 e. The lowest BCUT2D eigenvalue weighted by molar-refractivity contribution is -0.697. The summed E-state index contributed by atoms with van der Waals surface area (Å²) in [6.45, 7) is 3.43. The molecule has 1 rings (SSSR count). The Morgan fingerprint density at radius 3 is 2.06 bits per heavy atom. The lowest BCUT2D eigenvalue weighted by Crippen LogP contribution is -2.32. The molecule has 0 saturated carbocycles. The highest BCUT2D eigenvalue weighted by atomic mass is 16.9. The van der Waals surface area contributed by atoms with Crippen molar-refractivity contribution in [3.05, 3.63) is 45.9 Å². The molecule has 0 aliphatic heterocycles. The second-order valence-electron chi connectivity index (χ2n) is 3.75. The van der Waals surface area contributed by atoms with Crippen LogP contribution in [-0.2, 0) is 6.54 Å². The molecule has 1 aromatic rings. The summed E-state index contributed by atoms with van der Waals surface area (Å²) in [7, 11) is 0. The summed E-state index contributed by atoms with van der Waals surface area (Å²) in [5.41, 5.74) is 0. The van der Waals surface area contributed by atoms with E-state index in [4.69, 9.17) is 15.3 Å². The van der Waals surface area contributed by atoms with Crippen LogP contribution in [0.15, 0.2) is 30.6 Å². The summed E-state index contributed by atoms with van der Waals surface area (Å²) >= 11 is 0. The molecule has 1 aromatic heterocycles. The molecule has 0 aromatic carbocycles. The van der Waals surface area contributed by atoms with Crippen LogP contribution in [-0.4, -0.2) is 5.09 Å². The van der Waals surface area contributed by atoms with E-state index in [-0.39, 0.29) is 0 Å². The molecule has 0 fully saturated rings. The van der Waals surface area contributed by atoms with Crippen molar-refractivity contribution < 1.29 is 9.65 Å². The number of aryl methyl sites for hydroxylation is 1. The molecule has 1 heterocycles. The van der Waals surface area contributed by atoms with Crippen molar-refractivity contribution in [2.24, 2.45) is 0 Å². The van der Waals surface area contributed by atoms with Gasteiger partial charge in [0.2, 0.25) is 0 Å². The maximum atomic E-state index is 8.25. The van der Waals surface area contributed by atoms with Gasteiger partial charge in [-0.25, -0.2) is 4.57 Å². The van der Waals surface area contributed by atoms with Gasteiger partial charge in [0, 0.05) is 18.6 Å². The van der Waals surface area contributed by atoms with Gasteiger partial charge in [0.25, 0.3) is 0 Å². The molecule has 17 heavy (non-hydrogen) atoms. The Morgan fingerprint density at radius 2 is 1.53 bits per heavy atom. The maximum Gasteiger partial charge on any atom is 0.168 e. The van der Waals surface area contributed by atoms with Crippen molar-refractivity contribution in [1.82, 2.24) is 0 Å². The first-order valence-electron chi connectivity index (χ1n) is 5.92. The van der Waals surface area contributed by atoms with E-state index < -0.39 is 5.09 Å². The molecule has 5 nitrogen and oxygen atoms in total. The van der Waals surface area contributed by atoms with Crippen molar-refractivity contribution in [2.45, 2.75) is 45.6 Å². The molecule has 96 valence electrons. The number of pyridine rings is 1. The van der Waals surface area contributed by atoms with Crippen LogP contribution in [0.25, 0.3) is 0 Å². The van der Waals surface area contributed by atoms with Gasteiger partial charge in [-0.15, -0.1) is 0 Å². The molecule has 0 saturated heterocycles. The molecular formula is C12H20N2O3. The number of hydrogen-bond donors (Lipinski definition) is 0. The Balaban J connectivity index is 0.000000557. The Labute approximate surface area is 102 Å². The van der Waals surface area contributed by atoms with Crippen LogP contribution < -0.4 is 4.57 Å². The third kappa shape index (κ3) is 12.3. The van der Waals surface area contributed by atoms with Crippen LogP contribution in [0.5, 0.6) is 0 Å². The molecule has 0 aliphatic rings. The van der Waals surface area contributed by atoms with E-state index >= 15 is 0 Å². The normalized spacial score (nSPS) is 9.24. The first-order chi connectivity index (χ1) is 8.16. The smallest absolute Gasteiger partial charge is 0.168 e. The molecule has 0 spiro atoms. The second-order valence-corrected chi connectivity index (χ2v) is 3.75. The highest BCUT2D eigenvalue weighted by Gasteiger charge is 1.96. The number of hydrogen-bond acceptors (Lipinski definition) is 3. The average Bonchev–Trinajstić information content (AvgIpc) is 2.29. The molecular weight excluding hydrogens is 220 g/mol. The standard InChI is InChI=1S/C12H20N.NO3/c1-2-3-4-5-7-10-13-11-8-6-9-12-13;2-1(3)4/h6,8-9,11-12H,2-5,7,10H2,1H3;/q+1;-1. The summed E-state index contributed by atoms with van der Waals surface area (Å²) in [6.07, 6.45) is 11.1. The van der Waals surface area contributed by atoms with E-state index in [1.807, 2.05) is 0 Å². The second kappa shape index (κ2) is 10.9. The molecule has 0 radical (unpaired) electrons. The van der Waals surface area contributed by atoms with Crippen LogP contribution in [0.4, 0.5) is 0 Å². The van der Waals surface area contributed by atoms with Crippen molar-refractivity contribution >= 4 is 0 Å². The zero-order valence-electron chi connectivity index (χ0n) is 10.2. The van der Waals surface area contributed by atoms with Crippen LogP contribution in [0.1, 0.15) is 39.0 Å². The fraction of sp³-hybridized carbons (Fsp3) is 0.583. The van der Waals surface area contributed by atoms with Gasteiger partial charge in [0.1, 0.15) is 6.54 Å². The van der Waals surface area contributed by atoms with Crippen LogP contribution in [0.3, 0.4) is 0 Å². The zero-order chi connectivity index (χ0) is 12.9. The third-order valence-electron chi connectivity index (χ3n) is 2.30. The van der Waals surface area contributed by atoms with E-state index in [9.17, 15) is 0 Å². The third-order valence-corrected chi connectivity index (χ3v) is 2.30. The van der Waals surface area contributed by atoms with E-state index in [0.717, 1.165) is 0 Å². The van der Waals surface area contributed by atoms with Crippen LogP contribution >= 0.6 is 0 Å². The van der Waals surface area contributed by atoms with Crippen LogP contribution in [0.2, 0.25) is 0 Å². The molecule has 0 atom stereocenters. The Morgan fingerprint density at radius 1 is 1.00 bits per heavy atom. The Bertz CT molecular complexity index is 287. The number of nitrogens with zero attached hydrogens (tertiary/aromatic N) is 2. The van der Waals surface area contributed by atoms with Gasteiger partial charge in [-0.2, -0.15) is 0 Å². The Kier molecular flexibility index (Phi) is 9.80. The van der Waals surface area contributed by atoms with E-state index in [0.29, 0.717) is 0 Å². The van der Waals surface area contributed by atoms with Crippen molar-refractivity contribution in [2.75, 3.05) is 0 Å². The number of rotatable bonds is 6. The molecule has 0 bridgehead atoms. The summed E-state index contributed by atoms with van der Waals surface area (Å²) in [6, 6.07) is 6.24. The summed E-state index contributed by atoms with van der Waals surface area (Å²) < 4.78 is 2.26. The highest BCUT2D eigenvalue weighted by molar-refractivity contribution is 4.83. The highest BCUT2D eigenvalue weighted by Crippen LogP contribution is 2.01. The monoisotopic (exact) mass is 240 g/mol. The fourth-order valence-corrected chi connectivity index (χ4v) is 1.48. The zero-order valence-corrected chi connectivity index (χ0v) is 10.2. The van der Waals surface area contributed by atoms with E-state index in [1.165, 1.54) is 38.6 Å². The summed E-state index contributed by atoms with van der Waals surface area (Å²) in [4.78, 5) is 8.25.